The number of ether oxygens (including phenoxy) is 1. The van der Waals surface area contributed by atoms with E-state index < -0.39 is 0 Å². The van der Waals surface area contributed by atoms with E-state index in [0.717, 1.165) is 0 Å². The van der Waals surface area contributed by atoms with Gasteiger partial charge in [0.15, 0.2) is 11.5 Å². The van der Waals surface area contributed by atoms with Gasteiger partial charge in [0.05, 0.1) is 12.3 Å². The summed E-state index contributed by atoms with van der Waals surface area (Å²) in [5, 5.41) is 9.38. The molecule has 0 bridgehead atoms. The molecule has 4 heteroatoms. The van der Waals surface area contributed by atoms with Gasteiger partial charge in [0.2, 0.25) is 0 Å². The zero-order valence-corrected chi connectivity index (χ0v) is 7.28. The average molecular weight is 181 g/mol. The van der Waals surface area contributed by atoms with Crippen LogP contribution in [0.25, 0.3) is 0 Å². The number of anilines is 1. The lowest BCUT2D eigenvalue weighted by Gasteiger charge is -2.08. The summed E-state index contributed by atoms with van der Waals surface area (Å²) in [7, 11) is 0. The quantitative estimate of drug-likeness (QED) is 0.417. The van der Waals surface area contributed by atoms with Crippen LogP contribution in [0.2, 0.25) is 0 Å². The summed E-state index contributed by atoms with van der Waals surface area (Å²) in [6.07, 6.45) is 0.651. The van der Waals surface area contributed by atoms with Gasteiger partial charge in [-0.2, -0.15) is 0 Å². The lowest BCUT2D eigenvalue weighted by atomic mass is 10.2. The van der Waals surface area contributed by atoms with E-state index in [2.05, 4.69) is 0 Å². The first-order valence-electron chi connectivity index (χ1n) is 3.89. The predicted molar refractivity (Wildman–Crippen MR) is 49.1 cm³/mol. The Morgan fingerprint density at radius 3 is 2.85 bits per heavy atom. The second-order valence-electron chi connectivity index (χ2n) is 2.51. The second-order valence-corrected chi connectivity index (χ2v) is 2.51. The number of aromatic hydroxyl groups is 1. The molecule has 0 aliphatic carbocycles. The first kappa shape index (κ1) is 9.38. The van der Waals surface area contributed by atoms with Crippen LogP contribution in [0.4, 0.5) is 5.69 Å². The molecular weight excluding hydrogens is 170 g/mol. The van der Waals surface area contributed by atoms with Crippen LogP contribution in [0.1, 0.15) is 17.3 Å². The molecule has 13 heavy (non-hydrogen) atoms. The summed E-state index contributed by atoms with van der Waals surface area (Å²) in [5.41, 5.74) is 5.97. The molecule has 1 rings (SSSR count). The van der Waals surface area contributed by atoms with Crippen LogP contribution in [0.5, 0.6) is 11.5 Å². The van der Waals surface area contributed by atoms with E-state index in [0.29, 0.717) is 18.5 Å². The standard InChI is InChI=1S/C9H11NO3/c1-2-13-8-4-6(5-11)3-7(10)9(8)12/h3-5,12H,2,10H2,1H3. The van der Waals surface area contributed by atoms with Gasteiger partial charge in [-0.25, -0.2) is 0 Å². The van der Waals surface area contributed by atoms with Crippen molar-refractivity contribution in [2.24, 2.45) is 0 Å². The molecule has 0 atom stereocenters. The van der Waals surface area contributed by atoms with Crippen LogP contribution >= 0.6 is 0 Å². The number of aldehydes is 1. The number of nitrogen functional groups attached to an aromatic ring is 1. The van der Waals surface area contributed by atoms with E-state index in [4.69, 9.17) is 10.5 Å². The summed E-state index contributed by atoms with van der Waals surface area (Å²) in [4.78, 5) is 10.4. The van der Waals surface area contributed by atoms with Gasteiger partial charge in [-0.05, 0) is 19.1 Å². The molecule has 0 fully saturated rings. The van der Waals surface area contributed by atoms with Crippen molar-refractivity contribution >= 4 is 12.0 Å². The number of benzene rings is 1. The molecule has 4 nitrogen and oxygen atoms in total. The molecule has 0 amide bonds. The first-order valence-corrected chi connectivity index (χ1v) is 3.89. The van der Waals surface area contributed by atoms with Crippen molar-refractivity contribution in [1.82, 2.24) is 0 Å². The lowest BCUT2D eigenvalue weighted by molar-refractivity contribution is 0.112. The number of phenols is 1. The van der Waals surface area contributed by atoms with E-state index in [9.17, 15) is 9.90 Å². The van der Waals surface area contributed by atoms with Crippen LogP contribution in [0.3, 0.4) is 0 Å². The molecule has 0 radical (unpaired) electrons. The molecule has 1 aromatic rings. The molecule has 1 aromatic carbocycles. The minimum Gasteiger partial charge on any atom is -0.503 e. The highest BCUT2D eigenvalue weighted by atomic mass is 16.5. The van der Waals surface area contributed by atoms with Crippen LogP contribution < -0.4 is 10.5 Å². The average Bonchev–Trinajstić information content (AvgIpc) is 2.13. The van der Waals surface area contributed by atoms with Crippen LogP contribution in [-0.2, 0) is 0 Å². The maximum Gasteiger partial charge on any atom is 0.181 e. The largest absolute Gasteiger partial charge is 0.503 e. The number of hydrogen-bond donors (Lipinski definition) is 2. The number of hydrogen-bond acceptors (Lipinski definition) is 4. The van der Waals surface area contributed by atoms with Gasteiger partial charge in [0.1, 0.15) is 6.29 Å². The SMILES string of the molecule is CCOc1cc(C=O)cc(N)c1O. The highest BCUT2D eigenvalue weighted by molar-refractivity contribution is 5.80. The summed E-state index contributed by atoms with van der Waals surface area (Å²) >= 11 is 0. The van der Waals surface area contributed by atoms with Gasteiger partial charge in [-0.3, -0.25) is 4.79 Å². The van der Waals surface area contributed by atoms with Crippen molar-refractivity contribution in [3.05, 3.63) is 17.7 Å². The third kappa shape index (κ3) is 1.90. The number of rotatable bonds is 3. The van der Waals surface area contributed by atoms with Crippen LogP contribution in [0.15, 0.2) is 12.1 Å². The normalized spacial score (nSPS) is 9.62. The molecule has 0 heterocycles. The molecule has 0 aliphatic rings. The maximum atomic E-state index is 10.4. The van der Waals surface area contributed by atoms with Gasteiger partial charge in [0, 0.05) is 5.56 Å². The Labute approximate surface area is 75.9 Å². The monoisotopic (exact) mass is 181 g/mol. The third-order valence-electron chi connectivity index (χ3n) is 1.56. The fourth-order valence-corrected chi connectivity index (χ4v) is 0.985. The predicted octanol–water partition coefficient (Wildman–Crippen LogP) is 1.19. The molecular formula is C9H11NO3. The third-order valence-corrected chi connectivity index (χ3v) is 1.56. The van der Waals surface area contributed by atoms with Gasteiger partial charge in [-0.1, -0.05) is 0 Å². The Morgan fingerprint density at radius 1 is 1.62 bits per heavy atom. The van der Waals surface area contributed by atoms with Gasteiger partial charge in [0.25, 0.3) is 0 Å². The minimum absolute atomic E-state index is 0.118. The van der Waals surface area contributed by atoms with Crippen molar-refractivity contribution < 1.29 is 14.6 Å². The molecule has 0 aliphatic heterocycles. The Morgan fingerprint density at radius 2 is 2.31 bits per heavy atom. The Bertz CT molecular complexity index is 323. The van der Waals surface area contributed by atoms with Crippen LogP contribution in [0, 0.1) is 0 Å². The highest BCUT2D eigenvalue weighted by Crippen LogP contribution is 2.32. The Hall–Kier alpha value is -1.71. The first-order chi connectivity index (χ1) is 6.19. The fourth-order valence-electron chi connectivity index (χ4n) is 0.985. The van der Waals surface area contributed by atoms with Gasteiger partial charge < -0.3 is 15.6 Å². The summed E-state index contributed by atoms with van der Waals surface area (Å²) in [5.74, 6) is 0.122. The van der Waals surface area contributed by atoms with E-state index in [-0.39, 0.29) is 17.2 Å². The second kappa shape index (κ2) is 3.80. The maximum absolute atomic E-state index is 10.4. The molecule has 0 spiro atoms. The van der Waals surface area contributed by atoms with Crippen molar-refractivity contribution in [3.63, 3.8) is 0 Å². The van der Waals surface area contributed by atoms with E-state index in [1.165, 1.54) is 12.1 Å². The van der Waals surface area contributed by atoms with E-state index in [1.807, 2.05) is 0 Å². The molecule has 70 valence electrons. The van der Waals surface area contributed by atoms with Gasteiger partial charge >= 0.3 is 0 Å². The minimum atomic E-state index is -0.118. The molecule has 0 saturated carbocycles. The summed E-state index contributed by atoms with van der Waals surface area (Å²) in [6.45, 7) is 2.19. The van der Waals surface area contributed by atoms with E-state index in [1.54, 1.807) is 6.92 Å². The van der Waals surface area contributed by atoms with Crippen molar-refractivity contribution in [2.75, 3.05) is 12.3 Å². The van der Waals surface area contributed by atoms with Crippen LogP contribution in [-0.4, -0.2) is 18.0 Å². The van der Waals surface area contributed by atoms with Gasteiger partial charge in [-0.15, -0.1) is 0 Å². The fraction of sp³-hybridized carbons (Fsp3) is 0.222. The number of carbonyl (C=O) groups is 1. The smallest absolute Gasteiger partial charge is 0.181 e. The zero-order valence-electron chi connectivity index (χ0n) is 7.28. The lowest BCUT2D eigenvalue weighted by Crippen LogP contribution is -1.96. The summed E-state index contributed by atoms with van der Waals surface area (Å²) < 4.78 is 5.07. The highest BCUT2D eigenvalue weighted by Gasteiger charge is 2.07. The Kier molecular flexibility index (Phi) is 2.74. The van der Waals surface area contributed by atoms with Crippen molar-refractivity contribution in [3.8, 4) is 11.5 Å². The van der Waals surface area contributed by atoms with Crippen molar-refractivity contribution in [2.45, 2.75) is 6.92 Å². The molecule has 0 unspecified atom stereocenters. The number of phenolic OH excluding ortho intramolecular Hbond substituents is 1. The number of nitrogens with two attached hydrogens (primary N) is 1. The van der Waals surface area contributed by atoms with E-state index >= 15 is 0 Å². The van der Waals surface area contributed by atoms with Crippen molar-refractivity contribution in [1.29, 1.82) is 0 Å². The number of carbonyl (C=O) groups excluding carboxylic acids is 1. The zero-order chi connectivity index (χ0) is 9.84. The molecule has 0 saturated heterocycles. The molecule has 3 N–H and O–H groups in total. The molecule has 0 aromatic heterocycles. The Balaban J connectivity index is 3.16. The topological polar surface area (TPSA) is 72.5 Å². The summed E-state index contributed by atoms with van der Waals surface area (Å²) in [6, 6.07) is 2.84.